The fourth-order valence-electron chi connectivity index (χ4n) is 1.25. The zero-order chi connectivity index (χ0) is 10.6. The number of ether oxygens (including phenoxy) is 1. The zero-order valence-corrected chi connectivity index (χ0v) is 9.84. The van der Waals surface area contributed by atoms with E-state index in [0.717, 1.165) is 11.3 Å². The van der Waals surface area contributed by atoms with Gasteiger partial charge in [-0.2, -0.15) is 5.26 Å². The van der Waals surface area contributed by atoms with E-state index in [1.54, 1.807) is 7.11 Å². The maximum atomic E-state index is 8.88. The Morgan fingerprint density at radius 2 is 2.14 bits per heavy atom. The normalized spacial score (nSPS) is 14.1. The highest BCUT2D eigenvalue weighted by Gasteiger charge is 2.21. The lowest BCUT2D eigenvalue weighted by atomic mass is 10.0. The lowest BCUT2D eigenvalue weighted by Crippen LogP contribution is -2.16. The van der Waals surface area contributed by atoms with Crippen LogP contribution in [0, 0.1) is 11.3 Å². The van der Waals surface area contributed by atoms with Crippen LogP contribution in [-0.2, 0) is 6.42 Å². The molecule has 0 fully saturated rings. The molecule has 0 aliphatic rings. The molecule has 0 aliphatic heterocycles. The van der Waals surface area contributed by atoms with Crippen LogP contribution in [0.1, 0.15) is 12.5 Å². The number of alkyl halides is 1. The van der Waals surface area contributed by atoms with Crippen LogP contribution in [-0.4, -0.2) is 11.4 Å². The van der Waals surface area contributed by atoms with Crippen LogP contribution >= 0.6 is 15.9 Å². The average molecular weight is 254 g/mol. The van der Waals surface area contributed by atoms with E-state index in [9.17, 15) is 0 Å². The molecular formula is C11H12BrNO. The number of hydrogen-bond acceptors (Lipinski definition) is 2. The Bertz CT molecular complexity index is 355. The predicted molar refractivity (Wildman–Crippen MR) is 59.6 cm³/mol. The highest BCUT2D eigenvalue weighted by Crippen LogP contribution is 2.27. The predicted octanol–water partition coefficient (Wildman–Crippen LogP) is 2.91. The Hall–Kier alpha value is -1.01. The molecule has 0 spiro atoms. The fraction of sp³-hybridized carbons (Fsp3) is 0.364. The second-order valence-corrected chi connectivity index (χ2v) is 5.05. The van der Waals surface area contributed by atoms with E-state index in [1.165, 1.54) is 0 Å². The van der Waals surface area contributed by atoms with Crippen molar-refractivity contribution in [2.75, 3.05) is 7.11 Å². The minimum Gasteiger partial charge on any atom is -0.496 e. The second-order valence-electron chi connectivity index (χ2n) is 3.30. The number of benzene rings is 1. The molecule has 1 rings (SSSR count). The van der Waals surface area contributed by atoms with Crippen molar-refractivity contribution in [2.24, 2.45) is 0 Å². The molecule has 0 heterocycles. The molecule has 0 saturated carbocycles. The summed E-state index contributed by atoms with van der Waals surface area (Å²) in [7, 11) is 1.64. The van der Waals surface area contributed by atoms with Gasteiger partial charge in [0.2, 0.25) is 0 Å². The van der Waals surface area contributed by atoms with Crippen molar-refractivity contribution in [3.05, 3.63) is 29.8 Å². The van der Waals surface area contributed by atoms with Crippen LogP contribution in [0.4, 0.5) is 0 Å². The monoisotopic (exact) mass is 253 g/mol. The standard InChI is InChI=1S/C11H12BrNO/c1-11(12,8-13)7-9-5-3-4-6-10(9)14-2/h3-6H,7H2,1-2H3. The number of methoxy groups -OCH3 is 1. The first-order chi connectivity index (χ1) is 6.59. The third-order valence-corrected chi connectivity index (χ3v) is 2.41. The van der Waals surface area contributed by atoms with E-state index >= 15 is 0 Å². The van der Waals surface area contributed by atoms with Gasteiger partial charge in [0.25, 0.3) is 0 Å². The molecule has 0 bridgehead atoms. The molecule has 0 radical (unpaired) electrons. The molecule has 3 heteroatoms. The van der Waals surface area contributed by atoms with Crippen molar-refractivity contribution >= 4 is 15.9 Å². The second kappa shape index (κ2) is 4.47. The van der Waals surface area contributed by atoms with Gasteiger partial charge in [-0.15, -0.1) is 0 Å². The van der Waals surface area contributed by atoms with Crippen molar-refractivity contribution < 1.29 is 4.74 Å². The van der Waals surface area contributed by atoms with Gasteiger partial charge in [-0.1, -0.05) is 34.1 Å². The molecule has 2 nitrogen and oxygen atoms in total. The van der Waals surface area contributed by atoms with Crippen molar-refractivity contribution in [1.29, 1.82) is 5.26 Å². The summed E-state index contributed by atoms with van der Waals surface area (Å²) < 4.78 is 4.68. The summed E-state index contributed by atoms with van der Waals surface area (Å²) in [5.41, 5.74) is 1.04. The Morgan fingerprint density at radius 3 is 2.71 bits per heavy atom. The van der Waals surface area contributed by atoms with Crippen LogP contribution < -0.4 is 4.74 Å². The topological polar surface area (TPSA) is 33.0 Å². The maximum absolute atomic E-state index is 8.88. The highest BCUT2D eigenvalue weighted by molar-refractivity contribution is 9.10. The molecule has 0 N–H and O–H groups in total. The Kier molecular flexibility index (Phi) is 3.54. The van der Waals surface area contributed by atoms with Gasteiger partial charge in [-0.05, 0) is 18.6 Å². The largest absolute Gasteiger partial charge is 0.496 e. The lowest BCUT2D eigenvalue weighted by Gasteiger charge is -2.15. The van der Waals surface area contributed by atoms with Crippen LogP contribution in [0.2, 0.25) is 0 Å². The maximum Gasteiger partial charge on any atom is 0.122 e. The van der Waals surface area contributed by atoms with Gasteiger partial charge < -0.3 is 4.74 Å². The number of nitriles is 1. The summed E-state index contributed by atoms with van der Waals surface area (Å²) in [5, 5.41) is 8.88. The summed E-state index contributed by atoms with van der Waals surface area (Å²) in [6.07, 6.45) is 0.632. The van der Waals surface area contributed by atoms with Crippen LogP contribution in [0.5, 0.6) is 5.75 Å². The van der Waals surface area contributed by atoms with Crippen LogP contribution in [0.15, 0.2) is 24.3 Å². The summed E-state index contributed by atoms with van der Waals surface area (Å²) in [5.74, 6) is 0.827. The van der Waals surface area contributed by atoms with Gasteiger partial charge >= 0.3 is 0 Å². The third kappa shape index (κ3) is 2.74. The molecular weight excluding hydrogens is 242 g/mol. The van der Waals surface area contributed by atoms with E-state index in [2.05, 4.69) is 22.0 Å². The van der Waals surface area contributed by atoms with Gasteiger partial charge in [-0.3, -0.25) is 0 Å². The molecule has 0 aromatic heterocycles. The molecule has 14 heavy (non-hydrogen) atoms. The molecule has 74 valence electrons. The molecule has 1 atom stereocenters. The van der Waals surface area contributed by atoms with Crippen LogP contribution in [0.3, 0.4) is 0 Å². The molecule has 1 unspecified atom stereocenters. The number of rotatable bonds is 3. The SMILES string of the molecule is COc1ccccc1CC(C)(Br)C#N. The smallest absolute Gasteiger partial charge is 0.122 e. The summed E-state index contributed by atoms with van der Waals surface area (Å²) in [4.78, 5) is 0. The first kappa shape index (κ1) is 11.1. The lowest BCUT2D eigenvalue weighted by molar-refractivity contribution is 0.409. The minimum absolute atomic E-state index is 0.526. The van der Waals surface area contributed by atoms with E-state index in [4.69, 9.17) is 10.00 Å². The average Bonchev–Trinajstić information content (AvgIpc) is 2.18. The zero-order valence-electron chi connectivity index (χ0n) is 8.25. The van der Waals surface area contributed by atoms with E-state index in [1.807, 2.05) is 31.2 Å². The Labute approximate surface area is 92.6 Å². The first-order valence-corrected chi connectivity index (χ1v) is 5.10. The highest BCUT2D eigenvalue weighted by atomic mass is 79.9. The van der Waals surface area contributed by atoms with Gasteiger partial charge in [0.1, 0.15) is 10.1 Å². The number of nitrogens with zero attached hydrogens (tertiary/aromatic N) is 1. The molecule has 0 amide bonds. The van der Waals surface area contributed by atoms with Gasteiger partial charge in [0.15, 0.2) is 0 Å². The first-order valence-electron chi connectivity index (χ1n) is 4.31. The fourth-order valence-corrected chi connectivity index (χ4v) is 1.55. The van der Waals surface area contributed by atoms with Crippen molar-refractivity contribution in [2.45, 2.75) is 17.7 Å². The van der Waals surface area contributed by atoms with Crippen LogP contribution in [0.25, 0.3) is 0 Å². The minimum atomic E-state index is -0.526. The molecule has 0 saturated heterocycles. The summed E-state index contributed by atoms with van der Waals surface area (Å²) in [6.45, 7) is 1.85. The van der Waals surface area contributed by atoms with Gasteiger partial charge in [0, 0.05) is 6.42 Å². The summed E-state index contributed by atoms with van der Waals surface area (Å²) >= 11 is 3.36. The van der Waals surface area contributed by atoms with E-state index in [0.29, 0.717) is 6.42 Å². The number of para-hydroxylation sites is 1. The summed E-state index contributed by atoms with van der Waals surface area (Å²) in [6, 6.07) is 9.93. The third-order valence-electron chi connectivity index (χ3n) is 1.95. The number of hydrogen-bond donors (Lipinski definition) is 0. The van der Waals surface area contributed by atoms with E-state index in [-0.39, 0.29) is 0 Å². The van der Waals surface area contributed by atoms with Crippen molar-refractivity contribution in [3.8, 4) is 11.8 Å². The Balaban J connectivity index is 2.92. The molecule has 1 aromatic rings. The van der Waals surface area contributed by atoms with Gasteiger partial charge in [-0.25, -0.2) is 0 Å². The van der Waals surface area contributed by atoms with Gasteiger partial charge in [0.05, 0.1) is 13.2 Å². The van der Waals surface area contributed by atoms with E-state index < -0.39 is 4.32 Å². The van der Waals surface area contributed by atoms with Crippen molar-refractivity contribution in [1.82, 2.24) is 0 Å². The molecule has 1 aromatic carbocycles. The molecule has 0 aliphatic carbocycles. The quantitative estimate of drug-likeness (QED) is 0.777. The Morgan fingerprint density at radius 1 is 1.50 bits per heavy atom. The van der Waals surface area contributed by atoms with Crippen molar-refractivity contribution in [3.63, 3.8) is 0 Å². The number of halogens is 1.